The maximum Gasteiger partial charge on any atom is 0.315 e. The number of urea groups is 1. The molecule has 148 valence electrons. The van der Waals surface area contributed by atoms with Crippen LogP contribution in [-0.4, -0.2) is 68.6 Å². The van der Waals surface area contributed by atoms with Gasteiger partial charge in [0.1, 0.15) is 0 Å². The molecule has 0 aromatic heterocycles. The van der Waals surface area contributed by atoms with E-state index in [1.807, 2.05) is 30.9 Å². The second-order valence-corrected chi connectivity index (χ2v) is 7.07. The third-order valence-electron chi connectivity index (χ3n) is 4.52. The second kappa shape index (κ2) is 9.91. The predicted molar refractivity (Wildman–Crippen MR) is 102 cm³/mol. The first-order valence-corrected chi connectivity index (χ1v) is 9.35. The molecule has 0 radical (unpaired) electrons. The Morgan fingerprint density at radius 1 is 1.11 bits per heavy atom. The largest absolute Gasteiger partial charge is 0.354 e. The summed E-state index contributed by atoms with van der Waals surface area (Å²) in [4.78, 5) is 38.7. The molecule has 8 heteroatoms. The van der Waals surface area contributed by atoms with Gasteiger partial charge in [0.05, 0.1) is 26.2 Å². The zero-order chi connectivity index (χ0) is 19.8. The van der Waals surface area contributed by atoms with E-state index in [9.17, 15) is 14.4 Å². The minimum absolute atomic E-state index is 0.00560. The summed E-state index contributed by atoms with van der Waals surface area (Å²) in [5, 5.41) is 8.19. The van der Waals surface area contributed by atoms with Crippen LogP contribution in [0.1, 0.15) is 29.8 Å². The SMILES string of the molecule is CNC(=O)C[NH+]1CCN(C(=O)c2ccc(CNC(=O)NC(C)C)cc2)CC1. The molecule has 1 fully saturated rings. The van der Waals surface area contributed by atoms with Crippen molar-refractivity contribution in [2.45, 2.75) is 26.4 Å². The molecule has 1 aliphatic rings. The standard InChI is InChI=1S/C19H29N5O3/c1-14(2)22-19(27)21-12-15-4-6-16(7-5-15)18(26)24-10-8-23(9-11-24)13-17(25)20-3/h4-7,14H,8-13H2,1-3H3,(H,20,25)(H2,21,22,27)/p+1. The van der Waals surface area contributed by atoms with Crippen molar-refractivity contribution in [2.24, 2.45) is 0 Å². The molecule has 0 bridgehead atoms. The second-order valence-electron chi connectivity index (χ2n) is 7.07. The highest BCUT2D eigenvalue weighted by Gasteiger charge is 2.25. The number of benzene rings is 1. The van der Waals surface area contributed by atoms with Crippen molar-refractivity contribution < 1.29 is 19.3 Å². The molecule has 4 amide bonds. The summed E-state index contributed by atoms with van der Waals surface area (Å²) in [7, 11) is 1.64. The van der Waals surface area contributed by atoms with Gasteiger partial charge in [-0.05, 0) is 31.5 Å². The van der Waals surface area contributed by atoms with E-state index in [0.29, 0.717) is 31.7 Å². The van der Waals surface area contributed by atoms with Gasteiger partial charge in [0.25, 0.3) is 11.8 Å². The number of carbonyl (C=O) groups excluding carboxylic acids is 3. The van der Waals surface area contributed by atoms with Crippen molar-refractivity contribution in [2.75, 3.05) is 39.8 Å². The minimum atomic E-state index is -0.206. The normalized spacial score (nSPS) is 14.7. The lowest BCUT2D eigenvalue weighted by Crippen LogP contribution is -3.15. The van der Waals surface area contributed by atoms with Crippen molar-refractivity contribution in [1.29, 1.82) is 0 Å². The third kappa shape index (κ3) is 6.56. The molecule has 0 atom stereocenters. The van der Waals surface area contributed by atoms with Gasteiger partial charge in [-0.2, -0.15) is 0 Å². The summed E-state index contributed by atoms with van der Waals surface area (Å²) < 4.78 is 0. The number of hydrogen-bond donors (Lipinski definition) is 4. The van der Waals surface area contributed by atoms with Crippen molar-refractivity contribution in [1.82, 2.24) is 20.9 Å². The van der Waals surface area contributed by atoms with Gasteiger partial charge in [0.2, 0.25) is 0 Å². The molecule has 1 aliphatic heterocycles. The maximum atomic E-state index is 12.6. The van der Waals surface area contributed by atoms with Gasteiger partial charge in [-0.3, -0.25) is 9.59 Å². The Labute approximate surface area is 160 Å². The number of amides is 4. The molecule has 1 aromatic carbocycles. The number of nitrogens with one attached hydrogen (secondary N) is 4. The zero-order valence-corrected chi connectivity index (χ0v) is 16.3. The number of likely N-dealkylation sites (N-methyl/N-ethyl adjacent to an activating group) is 1. The van der Waals surface area contributed by atoms with Gasteiger partial charge in [-0.25, -0.2) is 4.79 Å². The summed E-state index contributed by atoms with van der Waals surface area (Å²) in [6, 6.07) is 7.18. The number of nitrogens with zero attached hydrogens (tertiary/aromatic N) is 1. The Morgan fingerprint density at radius 3 is 2.30 bits per heavy atom. The number of quaternary nitrogens is 1. The van der Waals surface area contributed by atoms with Crippen LogP contribution < -0.4 is 20.9 Å². The van der Waals surface area contributed by atoms with Crippen LogP contribution in [0.5, 0.6) is 0 Å². The first-order chi connectivity index (χ1) is 12.9. The zero-order valence-electron chi connectivity index (χ0n) is 16.3. The fourth-order valence-corrected chi connectivity index (χ4v) is 2.96. The van der Waals surface area contributed by atoms with E-state index < -0.39 is 0 Å². The fourth-order valence-electron chi connectivity index (χ4n) is 2.96. The van der Waals surface area contributed by atoms with Crippen LogP contribution in [0.3, 0.4) is 0 Å². The Hall–Kier alpha value is -2.61. The lowest BCUT2D eigenvalue weighted by molar-refractivity contribution is -0.896. The molecule has 0 saturated carbocycles. The van der Waals surface area contributed by atoms with Gasteiger partial charge < -0.3 is 25.8 Å². The van der Waals surface area contributed by atoms with Crippen LogP contribution in [0, 0.1) is 0 Å². The predicted octanol–water partition coefficient (Wildman–Crippen LogP) is -1.02. The van der Waals surface area contributed by atoms with Crippen molar-refractivity contribution in [3.8, 4) is 0 Å². The van der Waals surface area contributed by atoms with Crippen molar-refractivity contribution >= 4 is 17.8 Å². The van der Waals surface area contributed by atoms with Crippen LogP contribution in [0.4, 0.5) is 4.79 Å². The Morgan fingerprint density at radius 2 is 1.74 bits per heavy atom. The first kappa shape index (κ1) is 20.7. The highest BCUT2D eigenvalue weighted by molar-refractivity contribution is 5.94. The van der Waals surface area contributed by atoms with E-state index in [-0.39, 0.29) is 23.9 Å². The average Bonchev–Trinajstić information content (AvgIpc) is 2.66. The quantitative estimate of drug-likeness (QED) is 0.512. The molecule has 4 N–H and O–H groups in total. The number of carbonyl (C=O) groups is 3. The van der Waals surface area contributed by atoms with E-state index in [2.05, 4.69) is 16.0 Å². The average molecular weight is 376 g/mol. The summed E-state index contributed by atoms with van der Waals surface area (Å²) >= 11 is 0. The fraction of sp³-hybridized carbons (Fsp3) is 0.526. The third-order valence-corrected chi connectivity index (χ3v) is 4.52. The summed E-state index contributed by atoms with van der Waals surface area (Å²) in [5.74, 6) is 0.0297. The molecular formula is C19H30N5O3+. The summed E-state index contributed by atoms with van der Waals surface area (Å²) in [6.07, 6.45) is 0. The summed E-state index contributed by atoms with van der Waals surface area (Å²) in [5.41, 5.74) is 1.57. The molecular weight excluding hydrogens is 346 g/mol. The van der Waals surface area contributed by atoms with E-state index in [4.69, 9.17) is 0 Å². The van der Waals surface area contributed by atoms with Crippen LogP contribution in [0.15, 0.2) is 24.3 Å². The van der Waals surface area contributed by atoms with Crippen LogP contribution in [-0.2, 0) is 11.3 Å². The van der Waals surface area contributed by atoms with Crippen LogP contribution in [0.25, 0.3) is 0 Å². The minimum Gasteiger partial charge on any atom is -0.354 e. The summed E-state index contributed by atoms with van der Waals surface area (Å²) in [6.45, 7) is 7.49. The van der Waals surface area contributed by atoms with E-state index in [1.165, 1.54) is 4.90 Å². The monoisotopic (exact) mass is 376 g/mol. The highest BCUT2D eigenvalue weighted by Crippen LogP contribution is 2.08. The Balaban J connectivity index is 1.82. The first-order valence-electron chi connectivity index (χ1n) is 9.35. The van der Waals surface area contributed by atoms with Gasteiger partial charge in [-0.15, -0.1) is 0 Å². The van der Waals surface area contributed by atoms with E-state index >= 15 is 0 Å². The molecule has 0 aliphatic carbocycles. The molecule has 1 heterocycles. The van der Waals surface area contributed by atoms with Gasteiger partial charge in [0, 0.05) is 25.2 Å². The topological polar surface area (TPSA) is 95.0 Å². The van der Waals surface area contributed by atoms with Gasteiger partial charge >= 0.3 is 6.03 Å². The van der Waals surface area contributed by atoms with Crippen LogP contribution >= 0.6 is 0 Å². The van der Waals surface area contributed by atoms with Crippen LogP contribution in [0.2, 0.25) is 0 Å². The van der Waals surface area contributed by atoms with Crippen molar-refractivity contribution in [3.63, 3.8) is 0 Å². The van der Waals surface area contributed by atoms with E-state index in [1.54, 1.807) is 19.2 Å². The molecule has 1 aromatic rings. The number of piperazine rings is 1. The molecule has 2 rings (SSSR count). The molecule has 0 spiro atoms. The smallest absolute Gasteiger partial charge is 0.315 e. The Kier molecular flexibility index (Phi) is 7.60. The lowest BCUT2D eigenvalue weighted by Gasteiger charge is -2.31. The maximum absolute atomic E-state index is 12.6. The molecule has 27 heavy (non-hydrogen) atoms. The van der Waals surface area contributed by atoms with Gasteiger partial charge in [0.15, 0.2) is 6.54 Å². The molecule has 0 unspecified atom stereocenters. The lowest BCUT2D eigenvalue weighted by atomic mass is 10.1. The van der Waals surface area contributed by atoms with Crippen molar-refractivity contribution in [3.05, 3.63) is 35.4 Å². The number of hydrogen-bond acceptors (Lipinski definition) is 3. The van der Waals surface area contributed by atoms with E-state index in [0.717, 1.165) is 18.7 Å². The molecule has 8 nitrogen and oxygen atoms in total. The Bertz CT molecular complexity index is 652. The van der Waals surface area contributed by atoms with Gasteiger partial charge in [-0.1, -0.05) is 12.1 Å². The molecule has 1 saturated heterocycles. The number of rotatable bonds is 6. The highest BCUT2D eigenvalue weighted by atomic mass is 16.2.